The molecule has 0 saturated heterocycles. The number of carbonyl (C=O) groups is 1. The van der Waals surface area contributed by atoms with Gasteiger partial charge in [-0.2, -0.15) is 13.2 Å². The summed E-state index contributed by atoms with van der Waals surface area (Å²) in [6.07, 6.45) is -3.06. The molecule has 1 N–H and O–H groups in total. The summed E-state index contributed by atoms with van der Waals surface area (Å²) >= 11 is 5.56. The molecule has 0 saturated carbocycles. The van der Waals surface area contributed by atoms with Crippen LogP contribution in [0.25, 0.3) is 0 Å². The molecule has 1 heterocycles. The van der Waals surface area contributed by atoms with Gasteiger partial charge >= 0.3 is 6.18 Å². The molecule has 0 radical (unpaired) electrons. The number of furan rings is 1. The van der Waals surface area contributed by atoms with E-state index >= 15 is 0 Å². The van der Waals surface area contributed by atoms with E-state index < -0.39 is 28.7 Å². The van der Waals surface area contributed by atoms with Crippen LogP contribution in [0.2, 0.25) is 5.02 Å². The second-order valence-corrected chi connectivity index (χ2v) is 5.76. The van der Waals surface area contributed by atoms with Crippen molar-refractivity contribution in [3.63, 3.8) is 0 Å². The molecule has 130 valence electrons. The van der Waals surface area contributed by atoms with Crippen LogP contribution >= 0.6 is 11.6 Å². The molecular weight excluding hydrogens is 345 g/mol. The van der Waals surface area contributed by atoms with Crippen molar-refractivity contribution >= 4 is 23.2 Å². The number of alkyl halides is 3. The molecule has 0 spiro atoms. The van der Waals surface area contributed by atoms with Crippen LogP contribution in [0.4, 0.5) is 18.9 Å². The van der Waals surface area contributed by atoms with E-state index in [1.165, 1.54) is 12.3 Å². The Morgan fingerprint density at radius 2 is 2.08 bits per heavy atom. The summed E-state index contributed by atoms with van der Waals surface area (Å²) in [6, 6.07) is 6.20. The van der Waals surface area contributed by atoms with E-state index in [1.807, 2.05) is 0 Å². The van der Waals surface area contributed by atoms with Gasteiger partial charge in [0, 0.05) is 5.69 Å². The van der Waals surface area contributed by atoms with E-state index in [2.05, 4.69) is 5.32 Å². The lowest BCUT2D eigenvalue weighted by molar-refractivity contribution is -0.137. The highest BCUT2D eigenvalue weighted by molar-refractivity contribution is 6.31. The van der Waals surface area contributed by atoms with E-state index in [9.17, 15) is 18.0 Å². The lowest BCUT2D eigenvalue weighted by Gasteiger charge is -2.23. The molecule has 1 atom stereocenters. The minimum atomic E-state index is -4.58. The van der Waals surface area contributed by atoms with Crippen LogP contribution in [0.3, 0.4) is 0 Å². The summed E-state index contributed by atoms with van der Waals surface area (Å²) in [4.78, 5) is 13.9. The van der Waals surface area contributed by atoms with Gasteiger partial charge in [0.25, 0.3) is 0 Å². The molecule has 8 heteroatoms. The molecule has 0 bridgehead atoms. The van der Waals surface area contributed by atoms with Crippen LogP contribution in [0.5, 0.6) is 0 Å². The maximum Gasteiger partial charge on any atom is 0.417 e. The highest BCUT2D eigenvalue weighted by atomic mass is 35.5. The highest BCUT2D eigenvalue weighted by Gasteiger charge is 2.33. The predicted octanol–water partition coefficient (Wildman–Crippen LogP) is 4.41. The number of nitrogens with one attached hydrogen (secondary N) is 1. The zero-order valence-electron chi connectivity index (χ0n) is 13.0. The molecule has 0 aliphatic carbocycles. The third kappa shape index (κ3) is 4.52. The summed E-state index contributed by atoms with van der Waals surface area (Å²) in [7, 11) is 1.72. The number of rotatable bonds is 5. The van der Waals surface area contributed by atoms with Crippen molar-refractivity contribution < 1.29 is 22.4 Å². The predicted molar refractivity (Wildman–Crippen MR) is 84.7 cm³/mol. The fourth-order valence-electron chi connectivity index (χ4n) is 2.05. The average molecular weight is 361 g/mol. The van der Waals surface area contributed by atoms with Crippen LogP contribution in [0.1, 0.15) is 18.2 Å². The summed E-state index contributed by atoms with van der Waals surface area (Å²) in [5.41, 5.74) is -0.950. The Kier molecular flexibility index (Phi) is 5.56. The molecule has 1 aromatic heterocycles. The van der Waals surface area contributed by atoms with Crippen LogP contribution in [-0.4, -0.2) is 23.9 Å². The van der Waals surface area contributed by atoms with Gasteiger partial charge in [-0.1, -0.05) is 11.6 Å². The van der Waals surface area contributed by atoms with Gasteiger partial charge in [-0.15, -0.1) is 0 Å². The molecular formula is C16H16ClF3N2O2. The third-order valence-electron chi connectivity index (χ3n) is 3.57. The van der Waals surface area contributed by atoms with Gasteiger partial charge in [-0.3, -0.25) is 9.69 Å². The molecule has 1 unspecified atom stereocenters. The molecule has 0 fully saturated rings. The van der Waals surface area contributed by atoms with E-state index in [4.69, 9.17) is 16.0 Å². The standard InChI is InChI=1S/C16H16ClF3N2O2/c1-10(22(2)9-12-4-3-7-24-12)15(23)21-11-5-6-14(17)13(8-11)16(18,19)20/h3-8,10H,9H2,1-2H3,(H,21,23). The topological polar surface area (TPSA) is 45.5 Å². The Hall–Kier alpha value is -1.99. The molecule has 4 nitrogen and oxygen atoms in total. The van der Waals surface area contributed by atoms with E-state index in [0.717, 1.165) is 12.1 Å². The largest absolute Gasteiger partial charge is 0.468 e. The van der Waals surface area contributed by atoms with Crippen LogP contribution in [0, 0.1) is 0 Å². The minimum absolute atomic E-state index is 0.0370. The first-order chi connectivity index (χ1) is 11.2. The third-order valence-corrected chi connectivity index (χ3v) is 3.89. The Labute approximate surface area is 142 Å². The Morgan fingerprint density at radius 1 is 1.38 bits per heavy atom. The van der Waals surface area contributed by atoms with Crippen LogP contribution < -0.4 is 5.32 Å². The van der Waals surface area contributed by atoms with Crippen molar-refractivity contribution in [3.05, 3.63) is 52.9 Å². The Balaban J connectivity index is 2.06. The second-order valence-electron chi connectivity index (χ2n) is 5.35. The van der Waals surface area contributed by atoms with Crippen molar-refractivity contribution in [2.45, 2.75) is 25.7 Å². The minimum Gasteiger partial charge on any atom is -0.468 e. The fraction of sp³-hybridized carbons (Fsp3) is 0.312. The van der Waals surface area contributed by atoms with Crippen molar-refractivity contribution in [1.29, 1.82) is 0 Å². The van der Waals surface area contributed by atoms with Gasteiger partial charge in [0.05, 0.1) is 29.4 Å². The molecule has 2 rings (SSSR count). The molecule has 0 aliphatic heterocycles. The normalized spacial score (nSPS) is 13.1. The van der Waals surface area contributed by atoms with Crippen LogP contribution in [0.15, 0.2) is 41.0 Å². The highest BCUT2D eigenvalue weighted by Crippen LogP contribution is 2.36. The number of hydrogen-bond acceptors (Lipinski definition) is 3. The van der Waals surface area contributed by atoms with Gasteiger partial charge in [0.15, 0.2) is 0 Å². The number of anilines is 1. The summed E-state index contributed by atoms with van der Waals surface area (Å²) in [6.45, 7) is 2.05. The van der Waals surface area contributed by atoms with Crippen molar-refractivity contribution in [2.75, 3.05) is 12.4 Å². The number of benzene rings is 1. The molecule has 1 amide bonds. The first-order valence-electron chi connectivity index (χ1n) is 7.08. The van der Waals surface area contributed by atoms with Gasteiger partial charge in [-0.25, -0.2) is 0 Å². The molecule has 2 aromatic rings. The smallest absolute Gasteiger partial charge is 0.417 e. The summed E-state index contributed by atoms with van der Waals surface area (Å²) in [5.74, 6) is 0.252. The van der Waals surface area contributed by atoms with Crippen molar-refractivity contribution in [1.82, 2.24) is 4.90 Å². The van der Waals surface area contributed by atoms with Crippen molar-refractivity contribution in [2.24, 2.45) is 0 Å². The maximum atomic E-state index is 12.8. The van der Waals surface area contributed by atoms with E-state index in [0.29, 0.717) is 12.3 Å². The summed E-state index contributed by atoms with van der Waals surface area (Å²) < 4.78 is 43.8. The quantitative estimate of drug-likeness (QED) is 0.859. The van der Waals surface area contributed by atoms with Crippen molar-refractivity contribution in [3.8, 4) is 0 Å². The number of likely N-dealkylation sites (N-methyl/N-ethyl adjacent to an activating group) is 1. The SMILES string of the molecule is CC(C(=O)Nc1ccc(Cl)c(C(F)(F)F)c1)N(C)Cc1ccco1. The number of nitrogens with zero attached hydrogens (tertiary/aromatic N) is 1. The average Bonchev–Trinajstić information content (AvgIpc) is 3.00. The second kappa shape index (κ2) is 7.27. The first-order valence-corrected chi connectivity index (χ1v) is 7.46. The summed E-state index contributed by atoms with van der Waals surface area (Å²) in [5, 5.41) is 2.06. The Morgan fingerprint density at radius 3 is 2.67 bits per heavy atom. The van der Waals surface area contributed by atoms with Gasteiger partial charge in [0.2, 0.25) is 5.91 Å². The molecule has 1 aromatic carbocycles. The zero-order chi connectivity index (χ0) is 17.9. The van der Waals surface area contributed by atoms with Gasteiger partial charge < -0.3 is 9.73 Å². The van der Waals surface area contributed by atoms with Gasteiger partial charge in [0.1, 0.15) is 5.76 Å². The van der Waals surface area contributed by atoms with E-state index in [-0.39, 0.29) is 5.69 Å². The number of amides is 1. The molecule has 24 heavy (non-hydrogen) atoms. The number of halogens is 4. The first kappa shape index (κ1) is 18.4. The van der Waals surface area contributed by atoms with E-state index in [1.54, 1.807) is 31.0 Å². The zero-order valence-corrected chi connectivity index (χ0v) is 13.8. The number of hydrogen-bond donors (Lipinski definition) is 1. The number of carbonyl (C=O) groups excluding carboxylic acids is 1. The molecule has 0 aliphatic rings. The lowest BCUT2D eigenvalue weighted by atomic mass is 10.2. The van der Waals surface area contributed by atoms with Gasteiger partial charge in [-0.05, 0) is 44.3 Å². The lowest BCUT2D eigenvalue weighted by Crippen LogP contribution is -2.39. The monoisotopic (exact) mass is 360 g/mol. The van der Waals surface area contributed by atoms with Crippen LogP contribution in [-0.2, 0) is 17.5 Å². The Bertz CT molecular complexity index is 702. The maximum absolute atomic E-state index is 12.8. The fourth-order valence-corrected chi connectivity index (χ4v) is 2.28.